The molecule has 1 amide bonds. The summed E-state index contributed by atoms with van der Waals surface area (Å²) in [6, 6.07) is 10.3. The summed E-state index contributed by atoms with van der Waals surface area (Å²) >= 11 is 5.93. The molecule has 0 fully saturated rings. The number of halogens is 1. The second-order valence-corrected chi connectivity index (χ2v) is 6.65. The van der Waals surface area contributed by atoms with Gasteiger partial charge in [-0.1, -0.05) is 29.8 Å². The Labute approximate surface area is 169 Å². The summed E-state index contributed by atoms with van der Waals surface area (Å²) in [5.41, 5.74) is 0.936. The molecule has 2 unspecified atom stereocenters. The van der Waals surface area contributed by atoms with Gasteiger partial charge >= 0.3 is 11.9 Å². The Kier molecular flexibility index (Phi) is 5.79. The van der Waals surface area contributed by atoms with Crippen LogP contribution in [0.3, 0.4) is 0 Å². The van der Waals surface area contributed by atoms with Crippen LogP contribution in [0.2, 0.25) is 5.02 Å². The number of nitro benzene ring substituents is 1. The van der Waals surface area contributed by atoms with Gasteiger partial charge in [-0.25, -0.2) is 9.59 Å². The van der Waals surface area contributed by atoms with Crippen molar-refractivity contribution in [3.63, 3.8) is 0 Å². The summed E-state index contributed by atoms with van der Waals surface area (Å²) in [5, 5.41) is 13.1. The molecule has 0 aromatic heterocycles. The molecule has 0 aliphatic carbocycles. The number of nitro groups is 1. The molecule has 10 heteroatoms. The molecule has 1 aliphatic rings. The molecule has 0 radical (unpaired) electrons. The van der Waals surface area contributed by atoms with E-state index in [1.807, 2.05) is 0 Å². The number of hydrogen-bond acceptors (Lipinski definition) is 7. The first-order valence-corrected chi connectivity index (χ1v) is 8.88. The minimum Gasteiger partial charge on any atom is -0.450 e. The molecule has 9 nitrogen and oxygen atoms in total. The summed E-state index contributed by atoms with van der Waals surface area (Å²) in [6.45, 7) is 1.34. The van der Waals surface area contributed by atoms with Crippen LogP contribution in [0.25, 0.3) is 0 Å². The molecule has 2 aromatic carbocycles. The van der Waals surface area contributed by atoms with Crippen LogP contribution in [0, 0.1) is 10.1 Å². The van der Waals surface area contributed by atoms with E-state index in [-0.39, 0.29) is 22.8 Å². The monoisotopic (exact) mass is 418 g/mol. The third kappa shape index (κ3) is 4.52. The predicted octanol–water partition coefficient (Wildman–Crippen LogP) is 2.90. The molecule has 0 bridgehead atoms. The van der Waals surface area contributed by atoms with Crippen LogP contribution >= 0.6 is 11.6 Å². The number of nitrogens with one attached hydrogen (secondary N) is 1. The van der Waals surface area contributed by atoms with E-state index in [4.69, 9.17) is 21.1 Å². The van der Waals surface area contributed by atoms with Gasteiger partial charge in [0.2, 0.25) is 6.10 Å². The summed E-state index contributed by atoms with van der Waals surface area (Å²) in [5.74, 6) is -2.19. The van der Waals surface area contributed by atoms with Crippen LogP contribution in [0.1, 0.15) is 22.8 Å². The van der Waals surface area contributed by atoms with Crippen molar-refractivity contribution in [1.82, 2.24) is 0 Å². The second kappa shape index (κ2) is 8.27. The lowest BCUT2D eigenvalue weighted by atomic mass is 9.99. The third-order valence-corrected chi connectivity index (χ3v) is 4.55. The largest absolute Gasteiger partial charge is 0.450 e. The molecular formula is C19H15ClN2O7. The van der Waals surface area contributed by atoms with Gasteiger partial charge in [-0.3, -0.25) is 14.9 Å². The SMILES string of the molecule is CC(OC(=O)C1Cc2ccccc2C(=O)O1)C(=O)Nc1ccc([N+](=O)[O-])cc1Cl. The Bertz CT molecular complexity index is 1010. The summed E-state index contributed by atoms with van der Waals surface area (Å²) in [4.78, 5) is 46.7. The molecule has 1 N–H and O–H groups in total. The first-order valence-electron chi connectivity index (χ1n) is 8.50. The number of cyclic esters (lactones) is 1. The molecule has 0 spiro atoms. The van der Waals surface area contributed by atoms with Crippen LogP contribution < -0.4 is 5.32 Å². The average Bonchev–Trinajstić information content (AvgIpc) is 2.69. The number of benzene rings is 2. The highest BCUT2D eigenvalue weighted by Gasteiger charge is 2.34. The van der Waals surface area contributed by atoms with Gasteiger partial charge in [-0.2, -0.15) is 0 Å². The maximum Gasteiger partial charge on any atom is 0.348 e. The molecule has 2 aromatic rings. The quantitative estimate of drug-likeness (QED) is 0.449. The highest BCUT2D eigenvalue weighted by Crippen LogP contribution is 2.27. The minimum absolute atomic E-state index is 0.0381. The normalized spacial score (nSPS) is 16.2. The lowest BCUT2D eigenvalue weighted by molar-refractivity contribution is -0.384. The van der Waals surface area contributed by atoms with E-state index in [1.54, 1.807) is 24.3 Å². The lowest BCUT2D eigenvalue weighted by Crippen LogP contribution is -2.39. The zero-order valence-electron chi connectivity index (χ0n) is 15.1. The van der Waals surface area contributed by atoms with Gasteiger partial charge in [0.05, 0.1) is 21.2 Å². The molecule has 3 rings (SSSR count). The highest BCUT2D eigenvalue weighted by molar-refractivity contribution is 6.34. The summed E-state index contributed by atoms with van der Waals surface area (Å²) < 4.78 is 10.2. The van der Waals surface area contributed by atoms with Gasteiger partial charge in [0, 0.05) is 18.6 Å². The van der Waals surface area contributed by atoms with Gasteiger partial charge in [-0.15, -0.1) is 0 Å². The number of carbonyl (C=O) groups excluding carboxylic acids is 3. The van der Waals surface area contributed by atoms with Crippen LogP contribution in [-0.2, 0) is 25.5 Å². The smallest absolute Gasteiger partial charge is 0.348 e. The number of anilines is 1. The van der Waals surface area contributed by atoms with Crippen molar-refractivity contribution in [2.24, 2.45) is 0 Å². The molecule has 0 saturated carbocycles. The Hall–Kier alpha value is -3.46. The average molecular weight is 419 g/mol. The molecule has 0 saturated heterocycles. The van der Waals surface area contributed by atoms with Crippen molar-refractivity contribution in [2.45, 2.75) is 25.6 Å². The van der Waals surface area contributed by atoms with E-state index in [2.05, 4.69) is 5.32 Å². The molecule has 2 atom stereocenters. The van der Waals surface area contributed by atoms with Gasteiger partial charge < -0.3 is 14.8 Å². The van der Waals surface area contributed by atoms with Gasteiger partial charge in [0.25, 0.3) is 11.6 Å². The number of fused-ring (bicyclic) bond motifs is 1. The Balaban J connectivity index is 1.62. The van der Waals surface area contributed by atoms with E-state index in [9.17, 15) is 24.5 Å². The van der Waals surface area contributed by atoms with Crippen molar-refractivity contribution < 1.29 is 28.8 Å². The first kappa shape index (κ1) is 20.3. The number of nitrogens with zero attached hydrogens (tertiary/aromatic N) is 1. The second-order valence-electron chi connectivity index (χ2n) is 6.24. The van der Waals surface area contributed by atoms with E-state index < -0.39 is 35.0 Å². The topological polar surface area (TPSA) is 125 Å². The van der Waals surface area contributed by atoms with Gasteiger partial charge in [0.1, 0.15) is 0 Å². The summed E-state index contributed by atoms with van der Waals surface area (Å²) in [6.07, 6.45) is -2.23. The van der Waals surface area contributed by atoms with Crippen molar-refractivity contribution in [3.05, 3.63) is 68.7 Å². The number of ether oxygens (including phenoxy) is 2. The Morgan fingerprint density at radius 3 is 2.72 bits per heavy atom. The van der Waals surface area contributed by atoms with Crippen LogP contribution in [-0.4, -0.2) is 35.0 Å². The van der Waals surface area contributed by atoms with E-state index in [0.717, 1.165) is 6.07 Å². The molecule has 29 heavy (non-hydrogen) atoms. The molecule has 1 heterocycles. The van der Waals surface area contributed by atoms with E-state index >= 15 is 0 Å². The molecule has 1 aliphatic heterocycles. The van der Waals surface area contributed by atoms with Crippen molar-refractivity contribution in [2.75, 3.05) is 5.32 Å². The first-order chi connectivity index (χ1) is 13.8. The minimum atomic E-state index is -1.22. The number of non-ortho nitro benzene ring substituents is 1. The molecular weight excluding hydrogens is 404 g/mol. The van der Waals surface area contributed by atoms with Crippen LogP contribution in [0.15, 0.2) is 42.5 Å². The zero-order chi connectivity index (χ0) is 21.1. The molecule has 150 valence electrons. The van der Waals surface area contributed by atoms with E-state index in [1.165, 1.54) is 19.1 Å². The van der Waals surface area contributed by atoms with Gasteiger partial charge in [0.15, 0.2) is 6.10 Å². The van der Waals surface area contributed by atoms with Crippen molar-refractivity contribution in [1.29, 1.82) is 0 Å². The zero-order valence-corrected chi connectivity index (χ0v) is 15.8. The van der Waals surface area contributed by atoms with Crippen LogP contribution in [0.5, 0.6) is 0 Å². The lowest BCUT2D eigenvalue weighted by Gasteiger charge is -2.24. The fraction of sp³-hybridized carbons (Fsp3) is 0.211. The maximum atomic E-state index is 12.3. The Morgan fingerprint density at radius 1 is 1.31 bits per heavy atom. The number of hydrogen-bond donors (Lipinski definition) is 1. The predicted molar refractivity (Wildman–Crippen MR) is 102 cm³/mol. The van der Waals surface area contributed by atoms with E-state index in [0.29, 0.717) is 11.1 Å². The van der Waals surface area contributed by atoms with Crippen molar-refractivity contribution in [3.8, 4) is 0 Å². The maximum absolute atomic E-state index is 12.3. The highest BCUT2D eigenvalue weighted by atomic mass is 35.5. The number of carbonyl (C=O) groups is 3. The third-order valence-electron chi connectivity index (χ3n) is 4.24. The van der Waals surface area contributed by atoms with Crippen LogP contribution in [0.4, 0.5) is 11.4 Å². The van der Waals surface area contributed by atoms with Gasteiger partial charge in [-0.05, 0) is 24.6 Å². The number of esters is 2. The standard InChI is InChI=1S/C19H15ClN2O7/c1-10(17(23)21-15-7-6-12(22(26)27)9-14(15)20)28-19(25)16-8-11-4-2-3-5-13(11)18(24)29-16/h2-7,9-10,16H,8H2,1H3,(H,21,23). The summed E-state index contributed by atoms with van der Waals surface area (Å²) in [7, 11) is 0. The fourth-order valence-corrected chi connectivity index (χ4v) is 2.94. The number of rotatable bonds is 5. The van der Waals surface area contributed by atoms with Crippen molar-refractivity contribution >= 4 is 40.8 Å². The fourth-order valence-electron chi connectivity index (χ4n) is 2.72. The Morgan fingerprint density at radius 2 is 2.03 bits per heavy atom. The number of amides is 1.